The van der Waals surface area contributed by atoms with Gasteiger partial charge in [-0.3, -0.25) is 0 Å². The van der Waals surface area contributed by atoms with Crippen molar-refractivity contribution >= 4 is 22.5 Å². The highest BCUT2D eigenvalue weighted by Crippen LogP contribution is 2.30. The third kappa shape index (κ3) is 2.86. The van der Waals surface area contributed by atoms with Crippen molar-refractivity contribution in [3.05, 3.63) is 42.0 Å². The van der Waals surface area contributed by atoms with Gasteiger partial charge in [-0.15, -0.1) is 11.8 Å². The zero-order valence-corrected chi connectivity index (χ0v) is 11.5. The molecule has 0 aromatic heterocycles. The number of rotatable bonds is 5. The minimum atomic E-state index is 0.767. The molecule has 2 aromatic rings. The first-order chi connectivity index (χ1) is 8.86. The van der Waals surface area contributed by atoms with Crippen LogP contribution in [0.4, 0.5) is 0 Å². The molecule has 0 bridgehead atoms. The van der Waals surface area contributed by atoms with Crippen LogP contribution in [0, 0.1) is 11.3 Å². The number of hydrogen-bond donors (Lipinski definition) is 0. The Kier molecular flexibility index (Phi) is 4.66. The molecule has 0 N–H and O–H groups in total. The molecule has 0 radical (unpaired) electrons. The van der Waals surface area contributed by atoms with E-state index in [0.717, 1.165) is 16.7 Å². The highest BCUT2D eigenvalue weighted by molar-refractivity contribution is 7.99. The first-order valence-corrected chi connectivity index (χ1v) is 7.40. The molecule has 0 heterocycles. The number of benzene rings is 2. The molecule has 0 aliphatic carbocycles. The van der Waals surface area contributed by atoms with Crippen molar-refractivity contribution in [3.8, 4) is 6.07 Å². The van der Waals surface area contributed by atoms with Crippen molar-refractivity contribution < 1.29 is 0 Å². The molecule has 2 heteroatoms. The summed E-state index contributed by atoms with van der Waals surface area (Å²) < 4.78 is 0. The van der Waals surface area contributed by atoms with Crippen LogP contribution in [-0.4, -0.2) is 5.75 Å². The smallest absolute Gasteiger partial charge is 0.0998 e. The Hall–Kier alpha value is -1.46. The summed E-state index contributed by atoms with van der Waals surface area (Å²) in [5, 5.41) is 11.4. The average Bonchev–Trinajstić information content (AvgIpc) is 2.43. The Morgan fingerprint density at radius 3 is 2.56 bits per heavy atom. The molecule has 0 aliphatic heterocycles. The minimum Gasteiger partial charge on any atom is -0.192 e. The molecule has 0 unspecified atom stereocenters. The maximum atomic E-state index is 9.12. The first-order valence-electron chi connectivity index (χ1n) is 6.41. The van der Waals surface area contributed by atoms with Crippen molar-refractivity contribution in [2.24, 2.45) is 0 Å². The van der Waals surface area contributed by atoms with E-state index in [9.17, 15) is 0 Å². The van der Waals surface area contributed by atoms with Gasteiger partial charge in [-0.25, -0.2) is 0 Å². The first kappa shape index (κ1) is 13.0. The van der Waals surface area contributed by atoms with Crippen molar-refractivity contribution in [2.45, 2.75) is 31.1 Å². The van der Waals surface area contributed by atoms with Gasteiger partial charge in [-0.1, -0.05) is 44.0 Å². The summed E-state index contributed by atoms with van der Waals surface area (Å²) in [5.74, 6) is 1.16. The quantitative estimate of drug-likeness (QED) is 0.555. The Morgan fingerprint density at radius 2 is 1.83 bits per heavy atom. The summed E-state index contributed by atoms with van der Waals surface area (Å²) in [6, 6.07) is 14.5. The maximum Gasteiger partial charge on any atom is 0.0998 e. The SMILES string of the molecule is CCCCCSc1ccc(C#N)c2ccccc12. The molecule has 0 saturated heterocycles. The number of unbranched alkanes of at least 4 members (excludes halogenated alkanes) is 2. The molecule has 1 nitrogen and oxygen atoms in total. The molecule has 2 aromatic carbocycles. The summed E-state index contributed by atoms with van der Waals surface area (Å²) in [6.07, 6.45) is 3.81. The highest BCUT2D eigenvalue weighted by Gasteiger charge is 2.05. The third-order valence-electron chi connectivity index (χ3n) is 3.01. The molecule has 18 heavy (non-hydrogen) atoms. The third-order valence-corrected chi connectivity index (χ3v) is 4.17. The zero-order valence-electron chi connectivity index (χ0n) is 10.6. The molecule has 0 amide bonds. The lowest BCUT2D eigenvalue weighted by Gasteiger charge is -2.07. The van der Waals surface area contributed by atoms with Gasteiger partial charge in [-0.05, 0) is 29.7 Å². The van der Waals surface area contributed by atoms with Gasteiger partial charge in [0, 0.05) is 10.3 Å². The second-order valence-corrected chi connectivity index (χ2v) is 5.46. The summed E-state index contributed by atoms with van der Waals surface area (Å²) in [6.45, 7) is 2.22. The Morgan fingerprint density at radius 1 is 1.06 bits per heavy atom. The van der Waals surface area contributed by atoms with Gasteiger partial charge >= 0.3 is 0 Å². The average molecular weight is 255 g/mol. The number of fused-ring (bicyclic) bond motifs is 1. The minimum absolute atomic E-state index is 0.767. The topological polar surface area (TPSA) is 23.8 Å². The molecule has 0 fully saturated rings. The van der Waals surface area contributed by atoms with E-state index >= 15 is 0 Å². The standard InChI is InChI=1S/C16H17NS/c1-2-3-6-11-18-16-10-9-13(12-17)14-7-4-5-8-15(14)16/h4-5,7-10H,2-3,6,11H2,1H3. The fraction of sp³-hybridized carbons (Fsp3) is 0.312. The van der Waals surface area contributed by atoms with E-state index in [1.165, 1.54) is 29.5 Å². The van der Waals surface area contributed by atoms with Crippen LogP contribution >= 0.6 is 11.8 Å². The summed E-state index contributed by atoms with van der Waals surface area (Å²) in [4.78, 5) is 1.29. The summed E-state index contributed by atoms with van der Waals surface area (Å²) in [5.41, 5.74) is 0.767. The van der Waals surface area contributed by atoms with E-state index < -0.39 is 0 Å². The number of hydrogen-bond acceptors (Lipinski definition) is 2. The predicted molar refractivity (Wildman–Crippen MR) is 78.9 cm³/mol. The molecule has 0 aliphatic rings. The lowest BCUT2D eigenvalue weighted by molar-refractivity contribution is 0.778. The van der Waals surface area contributed by atoms with Crippen LogP contribution in [-0.2, 0) is 0 Å². The van der Waals surface area contributed by atoms with Gasteiger partial charge in [-0.2, -0.15) is 5.26 Å². The normalized spacial score (nSPS) is 10.4. The lowest BCUT2D eigenvalue weighted by Crippen LogP contribution is -1.85. The monoisotopic (exact) mass is 255 g/mol. The number of nitriles is 1. The van der Waals surface area contributed by atoms with Crippen molar-refractivity contribution in [3.63, 3.8) is 0 Å². The Bertz CT molecular complexity index is 569. The fourth-order valence-electron chi connectivity index (χ4n) is 2.03. The molecule has 2 rings (SSSR count). The molecular weight excluding hydrogens is 238 g/mol. The van der Waals surface area contributed by atoms with Crippen LogP contribution in [0.25, 0.3) is 10.8 Å². The zero-order chi connectivity index (χ0) is 12.8. The van der Waals surface area contributed by atoms with Crippen LogP contribution in [0.1, 0.15) is 31.7 Å². The second-order valence-electron chi connectivity index (χ2n) is 4.32. The van der Waals surface area contributed by atoms with E-state index in [2.05, 4.69) is 25.1 Å². The lowest BCUT2D eigenvalue weighted by atomic mass is 10.1. The summed E-state index contributed by atoms with van der Waals surface area (Å²) in [7, 11) is 0. The van der Waals surface area contributed by atoms with Crippen LogP contribution in [0.2, 0.25) is 0 Å². The van der Waals surface area contributed by atoms with E-state index in [1.54, 1.807) is 0 Å². The molecule has 0 atom stereocenters. The van der Waals surface area contributed by atoms with Gasteiger partial charge in [0.2, 0.25) is 0 Å². The number of nitrogens with zero attached hydrogens (tertiary/aromatic N) is 1. The van der Waals surface area contributed by atoms with Crippen LogP contribution in [0.5, 0.6) is 0 Å². The van der Waals surface area contributed by atoms with Gasteiger partial charge in [0.05, 0.1) is 11.6 Å². The van der Waals surface area contributed by atoms with Crippen molar-refractivity contribution in [2.75, 3.05) is 5.75 Å². The van der Waals surface area contributed by atoms with E-state index in [4.69, 9.17) is 5.26 Å². The van der Waals surface area contributed by atoms with E-state index in [1.807, 2.05) is 36.0 Å². The Balaban J connectivity index is 2.27. The number of thioether (sulfide) groups is 1. The van der Waals surface area contributed by atoms with Gasteiger partial charge in [0.25, 0.3) is 0 Å². The Labute approximate surface area is 113 Å². The van der Waals surface area contributed by atoms with Crippen LogP contribution < -0.4 is 0 Å². The highest BCUT2D eigenvalue weighted by atomic mass is 32.2. The van der Waals surface area contributed by atoms with Gasteiger partial charge in [0.1, 0.15) is 0 Å². The largest absolute Gasteiger partial charge is 0.192 e. The van der Waals surface area contributed by atoms with Crippen molar-refractivity contribution in [1.82, 2.24) is 0 Å². The second kappa shape index (κ2) is 6.47. The summed E-state index contributed by atoms with van der Waals surface area (Å²) >= 11 is 1.90. The molecule has 92 valence electrons. The molecular formula is C16H17NS. The van der Waals surface area contributed by atoms with Gasteiger partial charge in [0.15, 0.2) is 0 Å². The van der Waals surface area contributed by atoms with Crippen molar-refractivity contribution in [1.29, 1.82) is 5.26 Å². The molecule has 0 saturated carbocycles. The predicted octanol–water partition coefficient (Wildman–Crippen LogP) is 4.99. The van der Waals surface area contributed by atoms with E-state index in [-0.39, 0.29) is 0 Å². The van der Waals surface area contributed by atoms with E-state index in [0.29, 0.717) is 0 Å². The van der Waals surface area contributed by atoms with Crippen LogP contribution in [0.15, 0.2) is 41.3 Å². The fourth-order valence-corrected chi connectivity index (χ4v) is 3.10. The molecule has 0 spiro atoms. The van der Waals surface area contributed by atoms with Crippen LogP contribution in [0.3, 0.4) is 0 Å². The maximum absolute atomic E-state index is 9.12. The van der Waals surface area contributed by atoms with Gasteiger partial charge < -0.3 is 0 Å².